The van der Waals surface area contributed by atoms with Crippen LogP contribution in [0.25, 0.3) is 0 Å². The molecule has 3 rings (SSSR count). The lowest BCUT2D eigenvalue weighted by molar-refractivity contribution is -0.122. The highest BCUT2D eigenvalue weighted by molar-refractivity contribution is 6.35. The maximum Gasteiger partial charge on any atom is 0.228 e. The summed E-state index contributed by atoms with van der Waals surface area (Å²) in [6, 6.07) is 8.76. The van der Waals surface area contributed by atoms with Crippen molar-refractivity contribution in [1.82, 2.24) is 4.98 Å². The Bertz CT molecular complexity index is 716. The van der Waals surface area contributed by atoms with E-state index in [4.69, 9.17) is 27.9 Å². The Labute approximate surface area is 150 Å². The minimum Gasteiger partial charge on any atom is -0.381 e. The quantitative estimate of drug-likeness (QED) is 0.837. The van der Waals surface area contributed by atoms with Crippen molar-refractivity contribution < 1.29 is 9.53 Å². The molecule has 1 saturated heterocycles. The highest BCUT2D eigenvalue weighted by Gasteiger charge is 2.21. The van der Waals surface area contributed by atoms with Crippen LogP contribution in [0.4, 0.5) is 17.2 Å². The number of nitrogens with one attached hydrogen (secondary N) is 2. The van der Waals surface area contributed by atoms with Gasteiger partial charge in [-0.3, -0.25) is 4.79 Å². The molecule has 1 aliphatic rings. The SMILES string of the molecule is O=C(Nc1ccc(Nc2cc(Cl)ccc2Cl)cn1)C1CCOCC1. The number of halogens is 2. The molecule has 0 bridgehead atoms. The largest absolute Gasteiger partial charge is 0.381 e. The maximum atomic E-state index is 12.2. The number of benzene rings is 1. The number of aromatic nitrogens is 1. The van der Waals surface area contributed by atoms with E-state index >= 15 is 0 Å². The Morgan fingerprint density at radius 2 is 1.96 bits per heavy atom. The standard InChI is InChI=1S/C17H17Cl2N3O2/c18-12-1-3-14(19)15(9-12)21-13-2-4-16(20-10-13)22-17(23)11-5-7-24-8-6-11/h1-4,9-11,21H,5-8H2,(H,20,22,23). The predicted octanol–water partition coefficient (Wildman–Crippen LogP) is 4.50. The Hall–Kier alpha value is -1.82. The molecule has 0 atom stereocenters. The van der Waals surface area contributed by atoms with E-state index in [1.807, 2.05) is 6.07 Å². The lowest BCUT2D eigenvalue weighted by Crippen LogP contribution is -2.28. The fourth-order valence-electron chi connectivity index (χ4n) is 2.48. The van der Waals surface area contributed by atoms with E-state index in [0.717, 1.165) is 18.5 Å². The first kappa shape index (κ1) is 17.0. The van der Waals surface area contributed by atoms with Crippen molar-refractivity contribution in [1.29, 1.82) is 0 Å². The van der Waals surface area contributed by atoms with Gasteiger partial charge in [0.25, 0.3) is 0 Å². The van der Waals surface area contributed by atoms with E-state index in [0.29, 0.717) is 34.8 Å². The summed E-state index contributed by atoms with van der Waals surface area (Å²) in [4.78, 5) is 16.4. The Kier molecular flexibility index (Phi) is 5.56. The topological polar surface area (TPSA) is 63.2 Å². The minimum absolute atomic E-state index is 0.00982. The van der Waals surface area contributed by atoms with E-state index in [1.165, 1.54) is 0 Å². The summed E-state index contributed by atoms with van der Waals surface area (Å²) < 4.78 is 5.27. The molecule has 1 aromatic heterocycles. The van der Waals surface area contributed by atoms with E-state index in [-0.39, 0.29) is 11.8 Å². The Morgan fingerprint density at radius 1 is 1.17 bits per heavy atom. The lowest BCUT2D eigenvalue weighted by atomic mass is 9.99. The molecule has 1 amide bonds. The van der Waals surface area contributed by atoms with Crippen LogP contribution in [-0.4, -0.2) is 24.1 Å². The smallest absolute Gasteiger partial charge is 0.228 e. The molecule has 0 aliphatic carbocycles. The zero-order chi connectivity index (χ0) is 16.9. The molecule has 0 unspecified atom stereocenters. The average Bonchev–Trinajstić information content (AvgIpc) is 2.60. The van der Waals surface area contributed by atoms with E-state index in [1.54, 1.807) is 30.5 Å². The van der Waals surface area contributed by atoms with E-state index < -0.39 is 0 Å². The molecule has 2 aromatic rings. The van der Waals surface area contributed by atoms with Crippen LogP contribution in [0.3, 0.4) is 0 Å². The third-order valence-corrected chi connectivity index (χ3v) is 4.38. The Morgan fingerprint density at radius 3 is 2.67 bits per heavy atom. The van der Waals surface area contributed by atoms with Gasteiger partial charge < -0.3 is 15.4 Å². The number of ether oxygens (including phenoxy) is 1. The van der Waals surface area contributed by atoms with Gasteiger partial charge in [0.1, 0.15) is 5.82 Å². The molecule has 126 valence electrons. The van der Waals surface area contributed by atoms with Gasteiger partial charge in [0.2, 0.25) is 5.91 Å². The van der Waals surface area contributed by atoms with Crippen molar-refractivity contribution >= 4 is 46.3 Å². The molecule has 0 saturated carbocycles. The monoisotopic (exact) mass is 365 g/mol. The fraction of sp³-hybridized carbons (Fsp3) is 0.294. The molecule has 2 heterocycles. The van der Waals surface area contributed by atoms with Crippen LogP contribution < -0.4 is 10.6 Å². The second-order valence-electron chi connectivity index (χ2n) is 5.56. The first-order valence-corrected chi connectivity index (χ1v) is 8.44. The summed E-state index contributed by atoms with van der Waals surface area (Å²) in [7, 11) is 0. The molecule has 1 fully saturated rings. The summed E-state index contributed by atoms with van der Waals surface area (Å²) in [5, 5.41) is 7.15. The first-order chi connectivity index (χ1) is 11.6. The molecule has 2 N–H and O–H groups in total. The molecule has 1 aliphatic heterocycles. The average molecular weight is 366 g/mol. The zero-order valence-electron chi connectivity index (χ0n) is 12.9. The van der Waals surface area contributed by atoms with Gasteiger partial charge in [-0.15, -0.1) is 0 Å². The number of hydrogen-bond donors (Lipinski definition) is 2. The van der Waals surface area contributed by atoms with Crippen LogP contribution in [0.2, 0.25) is 10.0 Å². The van der Waals surface area contributed by atoms with Crippen molar-refractivity contribution in [3.8, 4) is 0 Å². The van der Waals surface area contributed by atoms with Crippen LogP contribution in [0.1, 0.15) is 12.8 Å². The number of carbonyl (C=O) groups is 1. The first-order valence-electron chi connectivity index (χ1n) is 7.68. The normalized spacial score (nSPS) is 15.1. The van der Waals surface area contributed by atoms with Crippen LogP contribution >= 0.6 is 23.2 Å². The van der Waals surface area contributed by atoms with E-state index in [2.05, 4.69) is 15.6 Å². The van der Waals surface area contributed by atoms with Crippen molar-refractivity contribution in [2.45, 2.75) is 12.8 Å². The second-order valence-corrected chi connectivity index (χ2v) is 6.40. The van der Waals surface area contributed by atoms with E-state index in [9.17, 15) is 4.79 Å². The molecular weight excluding hydrogens is 349 g/mol. The van der Waals surface area contributed by atoms with Crippen molar-refractivity contribution in [2.24, 2.45) is 5.92 Å². The van der Waals surface area contributed by atoms with Crippen LogP contribution in [0.5, 0.6) is 0 Å². The highest BCUT2D eigenvalue weighted by atomic mass is 35.5. The zero-order valence-corrected chi connectivity index (χ0v) is 14.4. The highest BCUT2D eigenvalue weighted by Crippen LogP contribution is 2.28. The number of rotatable bonds is 4. The number of pyridine rings is 1. The van der Waals surface area contributed by atoms with Crippen molar-refractivity contribution in [3.05, 3.63) is 46.6 Å². The number of amides is 1. The lowest BCUT2D eigenvalue weighted by Gasteiger charge is -2.21. The maximum absolute atomic E-state index is 12.2. The Balaban J connectivity index is 1.62. The number of anilines is 3. The molecule has 1 aromatic carbocycles. The van der Waals surface area contributed by atoms with Gasteiger partial charge in [0.05, 0.1) is 22.6 Å². The van der Waals surface area contributed by atoms with Gasteiger partial charge in [-0.05, 0) is 43.2 Å². The molecule has 24 heavy (non-hydrogen) atoms. The molecular formula is C17H17Cl2N3O2. The van der Waals surface area contributed by atoms with Gasteiger partial charge in [-0.1, -0.05) is 23.2 Å². The summed E-state index contributed by atoms with van der Waals surface area (Å²) in [6.45, 7) is 1.27. The van der Waals surface area contributed by atoms with Crippen LogP contribution in [-0.2, 0) is 9.53 Å². The van der Waals surface area contributed by atoms with Crippen LogP contribution in [0.15, 0.2) is 36.5 Å². The number of hydrogen-bond acceptors (Lipinski definition) is 4. The van der Waals surface area contributed by atoms with Gasteiger partial charge in [-0.25, -0.2) is 4.98 Å². The number of nitrogens with zero attached hydrogens (tertiary/aromatic N) is 1. The summed E-state index contributed by atoms with van der Waals surface area (Å²) in [6.07, 6.45) is 3.13. The van der Waals surface area contributed by atoms with Gasteiger partial charge in [0.15, 0.2) is 0 Å². The predicted molar refractivity (Wildman–Crippen MR) is 96.2 cm³/mol. The second kappa shape index (κ2) is 7.83. The van der Waals surface area contributed by atoms with Gasteiger partial charge >= 0.3 is 0 Å². The summed E-state index contributed by atoms with van der Waals surface area (Å²) >= 11 is 12.1. The van der Waals surface area contributed by atoms with Crippen molar-refractivity contribution in [3.63, 3.8) is 0 Å². The molecule has 5 nitrogen and oxygen atoms in total. The third kappa shape index (κ3) is 4.38. The molecule has 0 spiro atoms. The fourth-order valence-corrected chi connectivity index (χ4v) is 2.82. The minimum atomic E-state index is -0.0105. The third-order valence-electron chi connectivity index (χ3n) is 3.81. The van der Waals surface area contributed by atoms with Gasteiger partial charge in [-0.2, -0.15) is 0 Å². The summed E-state index contributed by atoms with van der Waals surface area (Å²) in [5.41, 5.74) is 1.45. The van der Waals surface area contributed by atoms with Crippen LogP contribution in [0, 0.1) is 5.92 Å². The number of carbonyl (C=O) groups excluding carboxylic acids is 1. The van der Waals surface area contributed by atoms with Gasteiger partial charge in [0, 0.05) is 24.2 Å². The molecule has 0 radical (unpaired) electrons. The molecule has 7 heteroatoms. The van der Waals surface area contributed by atoms with Crippen molar-refractivity contribution in [2.75, 3.05) is 23.8 Å². The summed E-state index contributed by atoms with van der Waals surface area (Å²) in [5.74, 6) is 0.502.